The monoisotopic (exact) mass is 311 g/mol. The van der Waals surface area contributed by atoms with Gasteiger partial charge in [0.1, 0.15) is 0 Å². The van der Waals surface area contributed by atoms with E-state index >= 15 is 0 Å². The van der Waals surface area contributed by atoms with Crippen LogP contribution in [0, 0.1) is 0 Å². The lowest BCUT2D eigenvalue weighted by atomic mass is 10.1. The minimum absolute atomic E-state index is 0.232. The van der Waals surface area contributed by atoms with Crippen LogP contribution in [0.2, 0.25) is 0 Å². The van der Waals surface area contributed by atoms with E-state index in [0.717, 1.165) is 11.3 Å². The summed E-state index contributed by atoms with van der Waals surface area (Å²) in [5, 5.41) is 2.74. The van der Waals surface area contributed by atoms with E-state index in [9.17, 15) is 9.59 Å². The van der Waals surface area contributed by atoms with Crippen LogP contribution in [0.4, 0.5) is 5.69 Å². The second-order valence-electron chi connectivity index (χ2n) is 4.31. The number of carbonyl (C=O) groups excluding carboxylic acids is 2. The molecular weight excluding hydrogens is 290 g/mol. The van der Waals surface area contributed by atoms with Crippen molar-refractivity contribution in [1.29, 1.82) is 0 Å². The minimum Gasteiger partial charge on any atom is -0.465 e. The van der Waals surface area contributed by atoms with E-state index in [1.807, 2.05) is 44.2 Å². The largest absolute Gasteiger partial charge is 0.465 e. The summed E-state index contributed by atoms with van der Waals surface area (Å²) in [6, 6.07) is 16.1. The van der Waals surface area contributed by atoms with Crippen molar-refractivity contribution in [3.05, 3.63) is 71.8 Å². The topological polar surface area (TPSA) is 55.4 Å². The molecule has 0 spiro atoms. The van der Waals surface area contributed by atoms with Gasteiger partial charge in [0, 0.05) is 11.8 Å². The van der Waals surface area contributed by atoms with E-state index in [0.29, 0.717) is 5.56 Å². The number of anilines is 1. The number of carbonyl (C=O) groups is 2. The zero-order chi connectivity index (χ0) is 17.1. The third-order valence-corrected chi connectivity index (χ3v) is 2.78. The molecular formula is C19H21NO3. The number of para-hydroxylation sites is 1. The number of ether oxygens (including phenoxy) is 1. The van der Waals surface area contributed by atoms with Gasteiger partial charge in [0.2, 0.25) is 5.91 Å². The van der Waals surface area contributed by atoms with Crippen molar-refractivity contribution in [1.82, 2.24) is 0 Å². The maximum absolute atomic E-state index is 11.8. The van der Waals surface area contributed by atoms with Crippen molar-refractivity contribution in [3.63, 3.8) is 0 Å². The molecule has 4 heteroatoms. The molecule has 0 bridgehead atoms. The van der Waals surface area contributed by atoms with Gasteiger partial charge in [-0.1, -0.05) is 44.2 Å². The zero-order valence-electron chi connectivity index (χ0n) is 13.6. The molecule has 0 atom stereocenters. The van der Waals surface area contributed by atoms with E-state index < -0.39 is 5.97 Å². The first-order valence-corrected chi connectivity index (χ1v) is 7.41. The molecule has 1 amide bonds. The van der Waals surface area contributed by atoms with Crippen molar-refractivity contribution < 1.29 is 14.3 Å². The highest BCUT2D eigenvalue weighted by molar-refractivity contribution is 6.02. The Hall–Kier alpha value is -2.88. The summed E-state index contributed by atoms with van der Waals surface area (Å²) >= 11 is 0. The molecule has 120 valence electrons. The van der Waals surface area contributed by atoms with Gasteiger partial charge in [0.25, 0.3) is 0 Å². The van der Waals surface area contributed by atoms with Crippen LogP contribution in [0.1, 0.15) is 29.8 Å². The quantitative estimate of drug-likeness (QED) is 0.681. The van der Waals surface area contributed by atoms with Gasteiger partial charge in [-0.25, -0.2) is 4.79 Å². The molecule has 1 N–H and O–H groups in total. The Morgan fingerprint density at radius 2 is 1.70 bits per heavy atom. The van der Waals surface area contributed by atoms with Gasteiger partial charge in [0.15, 0.2) is 0 Å². The van der Waals surface area contributed by atoms with Crippen LogP contribution in [0.25, 0.3) is 6.08 Å². The third-order valence-electron chi connectivity index (χ3n) is 2.78. The first kappa shape index (κ1) is 18.2. The van der Waals surface area contributed by atoms with Gasteiger partial charge >= 0.3 is 5.97 Å². The van der Waals surface area contributed by atoms with Crippen molar-refractivity contribution in [2.75, 3.05) is 12.4 Å². The van der Waals surface area contributed by atoms with Crippen LogP contribution in [0.5, 0.6) is 0 Å². The van der Waals surface area contributed by atoms with Gasteiger partial charge < -0.3 is 10.1 Å². The first-order chi connectivity index (χ1) is 11.2. The Morgan fingerprint density at radius 3 is 2.35 bits per heavy atom. The van der Waals surface area contributed by atoms with Crippen molar-refractivity contribution in [2.24, 2.45) is 0 Å². The molecule has 2 aromatic carbocycles. The van der Waals surface area contributed by atoms with Crippen LogP contribution >= 0.6 is 0 Å². The molecule has 0 radical (unpaired) electrons. The number of benzene rings is 2. The van der Waals surface area contributed by atoms with Crippen LogP contribution in [-0.2, 0) is 9.53 Å². The Kier molecular flexibility index (Phi) is 7.86. The van der Waals surface area contributed by atoms with Gasteiger partial charge in [0.05, 0.1) is 12.7 Å². The lowest BCUT2D eigenvalue weighted by Gasteiger charge is -2.02. The number of methoxy groups -OCH3 is 1. The van der Waals surface area contributed by atoms with Gasteiger partial charge in [-0.05, 0) is 35.9 Å². The fourth-order valence-electron chi connectivity index (χ4n) is 1.76. The number of esters is 1. The number of amides is 1. The summed E-state index contributed by atoms with van der Waals surface area (Å²) in [4.78, 5) is 23.2. The Balaban J connectivity index is 0.00000127. The molecule has 4 nitrogen and oxygen atoms in total. The normalized spacial score (nSPS) is 9.70. The predicted octanol–water partition coefficient (Wildman–Crippen LogP) is 4.15. The van der Waals surface area contributed by atoms with Crippen molar-refractivity contribution >= 4 is 23.6 Å². The fraction of sp³-hybridized carbons (Fsp3) is 0.158. The maximum atomic E-state index is 11.8. The van der Waals surface area contributed by atoms with Gasteiger partial charge in [-0.2, -0.15) is 0 Å². The second-order valence-corrected chi connectivity index (χ2v) is 4.31. The summed E-state index contributed by atoms with van der Waals surface area (Å²) in [7, 11) is 1.33. The Morgan fingerprint density at radius 1 is 1.00 bits per heavy atom. The third kappa shape index (κ3) is 6.18. The van der Waals surface area contributed by atoms with Crippen molar-refractivity contribution in [3.8, 4) is 0 Å². The van der Waals surface area contributed by atoms with Crippen molar-refractivity contribution in [2.45, 2.75) is 13.8 Å². The van der Waals surface area contributed by atoms with E-state index in [2.05, 4.69) is 10.1 Å². The Labute approximate surface area is 136 Å². The molecule has 2 rings (SSSR count). The standard InChI is InChI=1S/C17H15NO3.C2H6/c1-21-17(20)14-7-5-6-13(12-14)10-11-16(19)18-15-8-3-2-4-9-15;1-2/h2-12H,1H3,(H,18,19);1-2H3/b11-10+;. The van der Waals surface area contributed by atoms with Crippen LogP contribution < -0.4 is 5.32 Å². The molecule has 0 aliphatic heterocycles. The van der Waals surface area contributed by atoms with Crippen LogP contribution in [-0.4, -0.2) is 19.0 Å². The summed E-state index contributed by atoms with van der Waals surface area (Å²) in [6.07, 6.45) is 3.06. The zero-order valence-corrected chi connectivity index (χ0v) is 13.6. The highest BCUT2D eigenvalue weighted by Crippen LogP contribution is 2.09. The van der Waals surface area contributed by atoms with Crippen LogP contribution in [0.15, 0.2) is 60.7 Å². The Bertz CT molecular complexity index is 663. The molecule has 2 aromatic rings. The lowest BCUT2D eigenvalue weighted by Crippen LogP contribution is -2.07. The fourth-order valence-corrected chi connectivity index (χ4v) is 1.76. The van der Waals surface area contributed by atoms with Gasteiger partial charge in [-0.3, -0.25) is 4.79 Å². The number of rotatable bonds is 4. The molecule has 0 unspecified atom stereocenters. The number of hydrogen-bond acceptors (Lipinski definition) is 3. The van der Waals surface area contributed by atoms with Gasteiger partial charge in [-0.15, -0.1) is 0 Å². The SMILES string of the molecule is CC.COC(=O)c1cccc(/C=C/C(=O)Nc2ccccc2)c1. The smallest absolute Gasteiger partial charge is 0.337 e. The molecule has 0 saturated heterocycles. The highest BCUT2D eigenvalue weighted by Gasteiger charge is 2.04. The number of hydrogen-bond donors (Lipinski definition) is 1. The van der Waals surface area contributed by atoms with E-state index in [4.69, 9.17) is 0 Å². The average molecular weight is 311 g/mol. The minimum atomic E-state index is -0.404. The molecule has 0 aromatic heterocycles. The van der Waals surface area contributed by atoms with Crippen LogP contribution in [0.3, 0.4) is 0 Å². The lowest BCUT2D eigenvalue weighted by molar-refractivity contribution is -0.111. The molecule has 23 heavy (non-hydrogen) atoms. The summed E-state index contributed by atoms with van der Waals surface area (Å²) in [5.41, 5.74) is 1.93. The average Bonchev–Trinajstić information content (AvgIpc) is 2.62. The molecule has 0 aliphatic carbocycles. The van der Waals surface area contributed by atoms with E-state index in [1.165, 1.54) is 13.2 Å². The second kappa shape index (κ2) is 9.95. The summed E-state index contributed by atoms with van der Waals surface area (Å²) in [5.74, 6) is -0.636. The maximum Gasteiger partial charge on any atom is 0.337 e. The summed E-state index contributed by atoms with van der Waals surface area (Å²) < 4.78 is 4.65. The summed E-state index contributed by atoms with van der Waals surface area (Å²) in [6.45, 7) is 4.00. The highest BCUT2D eigenvalue weighted by atomic mass is 16.5. The first-order valence-electron chi connectivity index (χ1n) is 7.41. The molecule has 0 aliphatic rings. The molecule has 0 fully saturated rings. The molecule has 0 saturated carbocycles. The van der Waals surface area contributed by atoms with E-state index in [1.54, 1.807) is 30.3 Å². The van der Waals surface area contributed by atoms with E-state index in [-0.39, 0.29) is 5.91 Å². The molecule has 0 heterocycles. The predicted molar refractivity (Wildman–Crippen MR) is 93.2 cm³/mol. The number of nitrogens with one attached hydrogen (secondary N) is 1.